The molecule has 0 aromatic carbocycles. The normalized spacial score (nSPS) is 20.0. The zero-order chi connectivity index (χ0) is 11.5. The molecular formula is C11H13ClN2OS. The first-order valence-corrected chi connectivity index (χ1v) is 6.09. The number of hydrogen-bond donors (Lipinski definition) is 0. The predicted molar refractivity (Wildman–Crippen MR) is 68.3 cm³/mol. The second-order valence-corrected chi connectivity index (χ2v) is 4.52. The molecule has 1 aliphatic rings. The van der Waals surface area contributed by atoms with E-state index in [1.807, 2.05) is 24.1 Å². The summed E-state index contributed by atoms with van der Waals surface area (Å²) in [6.07, 6.45) is 2.61. The smallest absolute Gasteiger partial charge is 0.148 e. The lowest BCUT2D eigenvalue weighted by molar-refractivity contribution is 0.178. The quantitative estimate of drug-likeness (QED) is 0.598. The van der Waals surface area contributed by atoms with Crippen LogP contribution in [0.4, 0.5) is 0 Å². The van der Waals surface area contributed by atoms with Crippen molar-refractivity contribution in [3.05, 3.63) is 24.0 Å². The number of thiocarbonyl (C=S) groups is 1. The minimum atomic E-state index is 0.0749. The van der Waals surface area contributed by atoms with Gasteiger partial charge in [0.15, 0.2) is 0 Å². The molecule has 0 bridgehead atoms. The van der Waals surface area contributed by atoms with Gasteiger partial charge in [-0.25, -0.2) is 4.98 Å². The molecule has 2 heterocycles. The number of alkyl halides is 1. The summed E-state index contributed by atoms with van der Waals surface area (Å²) < 4.78 is 5.86. The van der Waals surface area contributed by atoms with E-state index in [2.05, 4.69) is 4.98 Å². The molecule has 1 aromatic heterocycles. The minimum absolute atomic E-state index is 0.0749. The summed E-state index contributed by atoms with van der Waals surface area (Å²) in [5.74, 6) is 1.34. The van der Waals surface area contributed by atoms with Crippen molar-refractivity contribution in [1.29, 1.82) is 0 Å². The fourth-order valence-electron chi connectivity index (χ4n) is 1.70. The average Bonchev–Trinajstić information content (AvgIpc) is 2.39. The summed E-state index contributed by atoms with van der Waals surface area (Å²) in [6, 6.07) is 3.75. The highest BCUT2D eigenvalue weighted by Crippen LogP contribution is 2.23. The number of ether oxygens (including phenoxy) is 1. The molecule has 1 aliphatic heterocycles. The standard InChI is InChI=1S/C11H13ClN2OS/c1-14-7-8(4-5-12)15-9-3-2-6-13-10(9)11(14)16/h2-3,6,8H,4-5,7H2,1H3. The monoisotopic (exact) mass is 256 g/mol. The van der Waals surface area contributed by atoms with E-state index in [0.29, 0.717) is 5.88 Å². The molecule has 0 spiro atoms. The number of rotatable bonds is 2. The zero-order valence-corrected chi connectivity index (χ0v) is 10.6. The largest absolute Gasteiger partial charge is 0.486 e. The molecule has 0 amide bonds. The molecule has 1 aromatic rings. The van der Waals surface area contributed by atoms with Crippen LogP contribution in [-0.2, 0) is 0 Å². The molecule has 1 unspecified atom stereocenters. The highest BCUT2D eigenvalue weighted by molar-refractivity contribution is 7.80. The van der Waals surface area contributed by atoms with Crippen LogP contribution < -0.4 is 4.74 Å². The summed E-state index contributed by atoms with van der Waals surface area (Å²) >= 11 is 11.1. The molecule has 0 saturated carbocycles. The molecule has 86 valence electrons. The van der Waals surface area contributed by atoms with E-state index in [4.69, 9.17) is 28.6 Å². The van der Waals surface area contributed by atoms with Gasteiger partial charge in [0, 0.05) is 19.1 Å². The maximum absolute atomic E-state index is 5.86. The van der Waals surface area contributed by atoms with Crippen molar-refractivity contribution in [1.82, 2.24) is 9.88 Å². The van der Waals surface area contributed by atoms with E-state index in [-0.39, 0.29) is 6.10 Å². The Hall–Kier alpha value is -0.870. The maximum Gasteiger partial charge on any atom is 0.148 e. The number of pyridine rings is 1. The van der Waals surface area contributed by atoms with Crippen LogP contribution in [0.25, 0.3) is 0 Å². The van der Waals surface area contributed by atoms with Crippen LogP contribution in [-0.4, -0.2) is 40.4 Å². The van der Waals surface area contributed by atoms with E-state index >= 15 is 0 Å². The van der Waals surface area contributed by atoms with Crippen molar-refractivity contribution in [2.24, 2.45) is 0 Å². The number of aromatic nitrogens is 1. The fraction of sp³-hybridized carbons (Fsp3) is 0.455. The molecule has 3 nitrogen and oxygen atoms in total. The first-order valence-electron chi connectivity index (χ1n) is 5.15. The van der Waals surface area contributed by atoms with Crippen molar-refractivity contribution >= 4 is 28.8 Å². The van der Waals surface area contributed by atoms with Gasteiger partial charge in [-0.05, 0) is 18.6 Å². The van der Waals surface area contributed by atoms with Gasteiger partial charge in [-0.1, -0.05) is 12.2 Å². The van der Waals surface area contributed by atoms with Gasteiger partial charge in [0.25, 0.3) is 0 Å². The minimum Gasteiger partial charge on any atom is -0.486 e. The third-order valence-electron chi connectivity index (χ3n) is 2.52. The number of hydrogen-bond acceptors (Lipinski definition) is 3. The summed E-state index contributed by atoms with van der Waals surface area (Å²) in [6.45, 7) is 0.752. The fourth-order valence-corrected chi connectivity index (χ4v) is 2.18. The molecule has 0 saturated heterocycles. The van der Waals surface area contributed by atoms with Crippen LogP contribution in [0.3, 0.4) is 0 Å². The topological polar surface area (TPSA) is 25.4 Å². The van der Waals surface area contributed by atoms with E-state index in [9.17, 15) is 0 Å². The highest BCUT2D eigenvalue weighted by Gasteiger charge is 2.24. The molecular weight excluding hydrogens is 244 g/mol. The van der Waals surface area contributed by atoms with Crippen LogP contribution in [0.2, 0.25) is 0 Å². The molecule has 0 radical (unpaired) electrons. The molecule has 2 rings (SSSR count). The molecule has 0 fully saturated rings. The Bertz CT molecular complexity index is 399. The molecule has 0 N–H and O–H groups in total. The lowest BCUT2D eigenvalue weighted by Gasteiger charge is -2.20. The highest BCUT2D eigenvalue weighted by atomic mass is 35.5. The summed E-state index contributed by atoms with van der Waals surface area (Å²) in [7, 11) is 1.96. The first-order chi connectivity index (χ1) is 7.72. The molecule has 1 atom stereocenters. The Morgan fingerprint density at radius 1 is 1.69 bits per heavy atom. The molecule has 5 heteroatoms. The second kappa shape index (κ2) is 4.97. The van der Waals surface area contributed by atoms with Crippen molar-refractivity contribution in [3.63, 3.8) is 0 Å². The summed E-state index contributed by atoms with van der Waals surface area (Å²) in [4.78, 5) is 6.99. The SMILES string of the molecule is CN1CC(CCCl)Oc2cccnc2C1=S. The lowest BCUT2D eigenvalue weighted by Crippen LogP contribution is -2.33. The number of halogens is 1. The van der Waals surface area contributed by atoms with Gasteiger partial charge in [-0.3, -0.25) is 0 Å². The van der Waals surface area contributed by atoms with Gasteiger partial charge in [-0.15, -0.1) is 11.6 Å². The Morgan fingerprint density at radius 3 is 3.25 bits per heavy atom. The van der Waals surface area contributed by atoms with Crippen molar-refractivity contribution in [3.8, 4) is 5.75 Å². The van der Waals surface area contributed by atoms with E-state index in [0.717, 1.165) is 29.4 Å². The number of fused-ring (bicyclic) bond motifs is 1. The van der Waals surface area contributed by atoms with Crippen molar-refractivity contribution in [2.45, 2.75) is 12.5 Å². The average molecular weight is 257 g/mol. The van der Waals surface area contributed by atoms with Crippen LogP contribution in [0.1, 0.15) is 12.1 Å². The van der Waals surface area contributed by atoms with Gasteiger partial charge < -0.3 is 9.64 Å². The predicted octanol–water partition coefficient (Wildman–Crippen LogP) is 2.08. The summed E-state index contributed by atoms with van der Waals surface area (Å²) in [5.41, 5.74) is 0.747. The third kappa shape index (κ3) is 2.28. The van der Waals surface area contributed by atoms with Gasteiger partial charge in [-0.2, -0.15) is 0 Å². The van der Waals surface area contributed by atoms with Crippen molar-refractivity contribution < 1.29 is 4.74 Å². The van der Waals surface area contributed by atoms with Gasteiger partial charge in [0.05, 0.1) is 6.54 Å². The van der Waals surface area contributed by atoms with Gasteiger partial charge in [0.2, 0.25) is 0 Å². The van der Waals surface area contributed by atoms with E-state index < -0.39 is 0 Å². The second-order valence-electron chi connectivity index (χ2n) is 3.75. The van der Waals surface area contributed by atoms with Crippen LogP contribution in [0.5, 0.6) is 5.75 Å². The Balaban J connectivity index is 2.32. The summed E-state index contributed by atoms with van der Waals surface area (Å²) in [5, 5.41) is 0. The van der Waals surface area contributed by atoms with Crippen LogP contribution in [0, 0.1) is 0 Å². The first kappa shape index (κ1) is 11.6. The number of likely N-dealkylation sites (N-methyl/N-ethyl adjacent to an activating group) is 1. The molecule has 16 heavy (non-hydrogen) atoms. The van der Waals surface area contributed by atoms with Crippen LogP contribution >= 0.6 is 23.8 Å². The molecule has 0 aliphatic carbocycles. The van der Waals surface area contributed by atoms with Crippen LogP contribution in [0.15, 0.2) is 18.3 Å². The maximum atomic E-state index is 5.86. The number of nitrogens with zero attached hydrogens (tertiary/aromatic N) is 2. The Labute approximate surface area is 105 Å². The van der Waals surface area contributed by atoms with Crippen molar-refractivity contribution in [2.75, 3.05) is 19.5 Å². The van der Waals surface area contributed by atoms with Gasteiger partial charge in [0.1, 0.15) is 22.5 Å². The van der Waals surface area contributed by atoms with E-state index in [1.54, 1.807) is 6.20 Å². The Morgan fingerprint density at radius 2 is 2.50 bits per heavy atom. The van der Waals surface area contributed by atoms with Gasteiger partial charge >= 0.3 is 0 Å². The lowest BCUT2D eigenvalue weighted by atomic mass is 10.2. The van der Waals surface area contributed by atoms with E-state index in [1.165, 1.54) is 0 Å². The third-order valence-corrected chi connectivity index (χ3v) is 3.25. The zero-order valence-electron chi connectivity index (χ0n) is 9.02. The Kier molecular flexibility index (Phi) is 3.61.